The number of aliphatic hydroxyl groups is 1. The van der Waals surface area contributed by atoms with E-state index in [0.717, 1.165) is 16.6 Å². The molecule has 1 atom stereocenters. The largest absolute Gasteiger partial charge is 0.385 e. The second kappa shape index (κ2) is 6.63. The van der Waals surface area contributed by atoms with Crippen LogP contribution in [0.2, 0.25) is 5.02 Å². The minimum atomic E-state index is -0.770. The van der Waals surface area contributed by atoms with E-state index in [2.05, 4.69) is 10.3 Å². The fourth-order valence-corrected chi connectivity index (χ4v) is 2.92. The van der Waals surface area contributed by atoms with Gasteiger partial charge in [0.1, 0.15) is 18.5 Å². The summed E-state index contributed by atoms with van der Waals surface area (Å²) in [4.78, 5) is 16.8. The molecule has 0 fully saturated rings. The summed E-state index contributed by atoms with van der Waals surface area (Å²) in [6, 6.07) is 12.9. The van der Waals surface area contributed by atoms with E-state index < -0.39 is 6.10 Å². The van der Waals surface area contributed by atoms with Crippen LogP contribution in [0, 0.1) is 6.92 Å². The Hall–Kier alpha value is -2.37. The van der Waals surface area contributed by atoms with Gasteiger partial charge in [-0.3, -0.25) is 4.79 Å². The molecular weight excluding hydrogens is 326 g/mol. The highest BCUT2D eigenvalue weighted by atomic mass is 35.5. The van der Waals surface area contributed by atoms with Gasteiger partial charge in [0.2, 0.25) is 5.91 Å². The summed E-state index contributed by atoms with van der Waals surface area (Å²) in [6.07, 6.45) is -0.770. The lowest BCUT2D eigenvalue weighted by Gasteiger charge is -2.12. The van der Waals surface area contributed by atoms with E-state index in [1.165, 1.54) is 0 Å². The highest BCUT2D eigenvalue weighted by Crippen LogP contribution is 2.24. The number of amides is 1. The molecule has 0 bridgehead atoms. The van der Waals surface area contributed by atoms with Crippen LogP contribution >= 0.6 is 11.6 Å². The first kappa shape index (κ1) is 16.5. The number of hydrogen-bond donors (Lipinski definition) is 2. The standard InChI is InChI=1S/C18H18ClN3O2/c1-11-7-8-14(13(19)9-11)20-17(24)10-22-16-6-4-3-5-15(16)21-18(22)12(2)23/h3-9,12,23H,10H2,1-2H3,(H,20,24). The highest BCUT2D eigenvalue weighted by Gasteiger charge is 2.17. The maximum Gasteiger partial charge on any atom is 0.244 e. The van der Waals surface area contributed by atoms with Crippen molar-refractivity contribution in [3.63, 3.8) is 0 Å². The molecule has 3 aromatic rings. The Balaban J connectivity index is 1.89. The van der Waals surface area contributed by atoms with Crippen molar-refractivity contribution in [2.24, 2.45) is 0 Å². The summed E-state index contributed by atoms with van der Waals surface area (Å²) in [5.41, 5.74) is 3.14. The number of benzene rings is 2. The molecule has 3 rings (SSSR count). The Morgan fingerprint density at radius 1 is 1.33 bits per heavy atom. The lowest BCUT2D eigenvalue weighted by Crippen LogP contribution is -2.21. The van der Waals surface area contributed by atoms with Crippen LogP contribution in [0.1, 0.15) is 24.4 Å². The molecule has 0 saturated heterocycles. The van der Waals surface area contributed by atoms with Gasteiger partial charge < -0.3 is 15.0 Å². The van der Waals surface area contributed by atoms with Crippen LogP contribution in [-0.4, -0.2) is 20.6 Å². The molecule has 24 heavy (non-hydrogen) atoms. The Morgan fingerprint density at radius 2 is 2.08 bits per heavy atom. The van der Waals surface area contributed by atoms with Gasteiger partial charge in [0.05, 0.1) is 21.7 Å². The average molecular weight is 344 g/mol. The lowest BCUT2D eigenvalue weighted by molar-refractivity contribution is -0.116. The fourth-order valence-electron chi connectivity index (χ4n) is 2.63. The molecular formula is C18H18ClN3O2. The van der Waals surface area contributed by atoms with E-state index in [1.807, 2.05) is 37.3 Å². The van der Waals surface area contributed by atoms with Crippen molar-refractivity contribution < 1.29 is 9.90 Å². The number of hydrogen-bond acceptors (Lipinski definition) is 3. The zero-order valence-corrected chi connectivity index (χ0v) is 14.2. The topological polar surface area (TPSA) is 67.2 Å². The number of aryl methyl sites for hydroxylation is 1. The van der Waals surface area contributed by atoms with Gasteiger partial charge in [0.25, 0.3) is 0 Å². The van der Waals surface area contributed by atoms with E-state index in [-0.39, 0.29) is 12.5 Å². The van der Waals surface area contributed by atoms with Crippen molar-refractivity contribution >= 4 is 34.2 Å². The van der Waals surface area contributed by atoms with Crippen molar-refractivity contribution in [3.05, 3.63) is 58.9 Å². The fraction of sp³-hybridized carbons (Fsp3) is 0.222. The number of fused-ring (bicyclic) bond motifs is 1. The van der Waals surface area contributed by atoms with Crippen molar-refractivity contribution in [1.29, 1.82) is 0 Å². The number of rotatable bonds is 4. The molecule has 124 valence electrons. The number of anilines is 1. The third-order valence-corrected chi connectivity index (χ3v) is 4.07. The molecule has 1 heterocycles. The van der Waals surface area contributed by atoms with Crippen LogP contribution in [-0.2, 0) is 11.3 Å². The van der Waals surface area contributed by atoms with Crippen molar-refractivity contribution in [2.75, 3.05) is 5.32 Å². The van der Waals surface area contributed by atoms with Crippen molar-refractivity contribution in [2.45, 2.75) is 26.5 Å². The third kappa shape index (κ3) is 3.27. The zero-order chi connectivity index (χ0) is 17.3. The van der Waals surface area contributed by atoms with Gasteiger partial charge in [-0.15, -0.1) is 0 Å². The summed E-state index contributed by atoms with van der Waals surface area (Å²) in [7, 11) is 0. The van der Waals surface area contributed by atoms with Crippen LogP contribution in [0.25, 0.3) is 11.0 Å². The van der Waals surface area contributed by atoms with Gasteiger partial charge in [0.15, 0.2) is 0 Å². The van der Waals surface area contributed by atoms with E-state index in [4.69, 9.17) is 11.6 Å². The number of para-hydroxylation sites is 2. The van der Waals surface area contributed by atoms with Gasteiger partial charge in [-0.05, 0) is 43.7 Å². The van der Waals surface area contributed by atoms with Crippen LogP contribution in [0.3, 0.4) is 0 Å². The molecule has 0 aliphatic heterocycles. The number of aliphatic hydroxyl groups excluding tert-OH is 1. The van der Waals surface area contributed by atoms with E-state index in [0.29, 0.717) is 16.5 Å². The van der Waals surface area contributed by atoms with Crippen LogP contribution < -0.4 is 5.32 Å². The number of carbonyl (C=O) groups is 1. The van der Waals surface area contributed by atoms with Crippen molar-refractivity contribution in [1.82, 2.24) is 9.55 Å². The molecule has 1 amide bonds. The number of halogens is 1. The first-order valence-electron chi connectivity index (χ1n) is 7.65. The minimum Gasteiger partial charge on any atom is -0.385 e. The van der Waals surface area contributed by atoms with Gasteiger partial charge in [-0.25, -0.2) is 4.98 Å². The van der Waals surface area contributed by atoms with Gasteiger partial charge >= 0.3 is 0 Å². The molecule has 6 heteroatoms. The molecule has 0 saturated carbocycles. The summed E-state index contributed by atoms with van der Waals surface area (Å²) < 4.78 is 1.72. The molecule has 0 aliphatic carbocycles. The van der Waals surface area contributed by atoms with E-state index in [1.54, 1.807) is 23.6 Å². The molecule has 5 nitrogen and oxygen atoms in total. The number of aromatic nitrogens is 2. The molecule has 1 aromatic heterocycles. The van der Waals surface area contributed by atoms with E-state index >= 15 is 0 Å². The summed E-state index contributed by atoms with van der Waals surface area (Å²) >= 11 is 6.16. The SMILES string of the molecule is Cc1ccc(NC(=O)Cn2c(C(C)O)nc3ccccc32)c(Cl)c1. The number of imidazole rings is 1. The maximum atomic E-state index is 12.4. The summed E-state index contributed by atoms with van der Waals surface area (Å²) in [6.45, 7) is 3.61. The Bertz CT molecular complexity index is 902. The van der Waals surface area contributed by atoms with Gasteiger partial charge in [0, 0.05) is 0 Å². The smallest absolute Gasteiger partial charge is 0.244 e. The Morgan fingerprint density at radius 3 is 2.79 bits per heavy atom. The molecule has 0 spiro atoms. The first-order chi connectivity index (χ1) is 11.5. The quantitative estimate of drug-likeness (QED) is 0.759. The van der Waals surface area contributed by atoms with Gasteiger partial charge in [-0.1, -0.05) is 29.8 Å². The highest BCUT2D eigenvalue weighted by molar-refractivity contribution is 6.33. The van der Waals surface area contributed by atoms with Crippen LogP contribution in [0.15, 0.2) is 42.5 Å². The monoisotopic (exact) mass is 343 g/mol. The number of nitrogens with zero attached hydrogens (tertiary/aromatic N) is 2. The summed E-state index contributed by atoms with van der Waals surface area (Å²) in [5.74, 6) is 0.229. The second-order valence-electron chi connectivity index (χ2n) is 5.75. The minimum absolute atomic E-state index is 0.0466. The third-order valence-electron chi connectivity index (χ3n) is 3.76. The predicted molar refractivity (Wildman–Crippen MR) is 95.2 cm³/mol. The van der Waals surface area contributed by atoms with Crippen molar-refractivity contribution in [3.8, 4) is 0 Å². The van der Waals surface area contributed by atoms with Crippen LogP contribution in [0.5, 0.6) is 0 Å². The zero-order valence-electron chi connectivity index (χ0n) is 13.5. The maximum absolute atomic E-state index is 12.4. The molecule has 1 unspecified atom stereocenters. The average Bonchev–Trinajstić information content (AvgIpc) is 2.89. The summed E-state index contributed by atoms with van der Waals surface area (Å²) in [5, 5.41) is 13.2. The van der Waals surface area contributed by atoms with Gasteiger partial charge in [-0.2, -0.15) is 0 Å². The van der Waals surface area contributed by atoms with E-state index in [9.17, 15) is 9.90 Å². The molecule has 0 radical (unpaired) electrons. The second-order valence-corrected chi connectivity index (χ2v) is 6.16. The number of nitrogens with one attached hydrogen (secondary N) is 1. The molecule has 2 aromatic carbocycles. The Labute approximate surface area is 144 Å². The lowest BCUT2D eigenvalue weighted by atomic mass is 10.2. The Kier molecular flexibility index (Phi) is 4.55. The molecule has 2 N–H and O–H groups in total. The number of carbonyl (C=O) groups excluding carboxylic acids is 1. The predicted octanol–water partition coefficient (Wildman–Crippen LogP) is 3.69. The molecule has 0 aliphatic rings. The van der Waals surface area contributed by atoms with Crippen LogP contribution in [0.4, 0.5) is 5.69 Å². The normalized spacial score (nSPS) is 12.3. The first-order valence-corrected chi connectivity index (χ1v) is 8.02.